The fourth-order valence-corrected chi connectivity index (χ4v) is 1.55. The standard InChI is InChI=1S/C13H16N2O4/c1-8(5-11(16)17)7-15-13(19)10-4-2-3-9(6-10)12(14)18/h2-4,6,8H,5,7H2,1H3,(H2,14,18)(H,15,19)(H,16,17). The van der Waals surface area contributed by atoms with E-state index >= 15 is 0 Å². The molecule has 1 atom stereocenters. The van der Waals surface area contributed by atoms with Gasteiger partial charge in [-0.15, -0.1) is 0 Å². The Morgan fingerprint density at radius 2 is 1.95 bits per heavy atom. The summed E-state index contributed by atoms with van der Waals surface area (Å²) >= 11 is 0. The van der Waals surface area contributed by atoms with Crippen LogP contribution in [0.3, 0.4) is 0 Å². The Morgan fingerprint density at radius 1 is 1.32 bits per heavy atom. The lowest BCUT2D eigenvalue weighted by Crippen LogP contribution is -2.29. The van der Waals surface area contributed by atoms with Crippen molar-refractivity contribution in [3.8, 4) is 0 Å². The summed E-state index contributed by atoms with van der Waals surface area (Å²) < 4.78 is 0. The van der Waals surface area contributed by atoms with E-state index in [0.29, 0.717) is 5.56 Å². The third-order valence-corrected chi connectivity index (χ3v) is 2.54. The van der Waals surface area contributed by atoms with Gasteiger partial charge >= 0.3 is 5.97 Å². The molecule has 1 aromatic carbocycles. The van der Waals surface area contributed by atoms with Gasteiger partial charge in [0, 0.05) is 24.1 Å². The average molecular weight is 264 g/mol. The van der Waals surface area contributed by atoms with Crippen molar-refractivity contribution in [2.45, 2.75) is 13.3 Å². The molecule has 0 aromatic heterocycles. The van der Waals surface area contributed by atoms with Gasteiger partial charge in [0.1, 0.15) is 0 Å². The predicted molar refractivity (Wildman–Crippen MR) is 68.7 cm³/mol. The molecule has 6 nitrogen and oxygen atoms in total. The molecule has 0 radical (unpaired) electrons. The number of carboxylic acid groups (broad SMARTS) is 1. The van der Waals surface area contributed by atoms with Crippen LogP contribution in [0.2, 0.25) is 0 Å². The lowest BCUT2D eigenvalue weighted by molar-refractivity contribution is -0.137. The van der Waals surface area contributed by atoms with Gasteiger partial charge < -0.3 is 16.2 Å². The van der Waals surface area contributed by atoms with Crippen LogP contribution in [0.5, 0.6) is 0 Å². The third kappa shape index (κ3) is 4.79. The number of rotatable bonds is 6. The van der Waals surface area contributed by atoms with Crippen LogP contribution < -0.4 is 11.1 Å². The Bertz CT molecular complexity index is 499. The maximum atomic E-state index is 11.8. The monoisotopic (exact) mass is 264 g/mol. The van der Waals surface area contributed by atoms with Crippen molar-refractivity contribution in [3.05, 3.63) is 35.4 Å². The summed E-state index contributed by atoms with van der Waals surface area (Å²) in [6.07, 6.45) is -0.0123. The highest BCUT2D eigenvalue weighted by Gasteiger charge is 2.11. The van der Waals surface area contributed by atoms with Crippen molar-refractivity contribution in [2.75, 3.05) is 6.54 Å². The number of nitrogens with one attached hydrogen (secondary N) is 1. The minimum atomic E-state index is -0.905. The number of amides is 2. The van der Waals surface area contributed by atoms with Crippen molar-refractivity contribution in [1.29, 1.82) is 0 Å². The minimum Gasteiger partial charge on any atom is -0.481 e. The molecule has 0 saturated carbocycles. The molecule has 0 bridgehead atoms. The van der Waals surface area contributed by atoms with E-state index < -0.39 is 11.9 Å². The van der Waals surface area contributed by atoms with E-state index in [0.717, 1.165) is 0 Å². The smallest absolute Gasteiger partial charge is 0.303 e. The van der Waals surface area contributed by atoms with Gasteiger partial charge in [0.15, 0.2) is 0 Å². The summed E-state index contributed by atoms with van der Waals surface area (Å²) in [5, 5.41) is 11.2. The predicted octanol–water partition coefficient (Wildman–Crippen LogP) is 0.626. The zero-order valence-corrected chi connectivity index (χ0v) is 10.6. The van der Waals surface area contributed by atoms with Crippen molar-refractivity contribution in [3.63, 3.8) is 0 Å². The molecule has 0 saturated heterocycles. The van der Waals surface area contributed by atoms with Gasteiger partial charge in [-0.25, -0.2) is 0 Å². The van der Waals surface area contributed by atoms with Crippen LogP contribution in [0.25, 0.3) is 0 Å². The lowest BCUT2D eigenvalue weighted by Gasteiger charge is -2.10. The Balaban J connectivity index is 2.61. The normalized spacial score (nSPS) is 11.6. The second-order valence-electron chi connectivity index (χ2n) is 4.36. The number of carbonyl (C=O) groups excluding carboxylic acids is 2. The number of nitrogens with two attached hydrogens (primary N) is 1. The summed E-state index contributed by atoms with van der Waals surface area (Å²) in [6, 6.07) is 6.05. The van der Waals surface area contributed by atoms with E-state index in [1.54, 1.807) is 19.1 Å². The molecule has 19 heavy (non-hydrogen) atoms. The molecule has 1 unspecified atom stereocenters. The summed E-state index contributed by atoms with van der Waals surface area (Å²) in [5.74, 6) is -2.03. The Morgan fingerprint density at radius 3 is 2.53 bits per heavy atom. The first-order chi connectivity index (χ1) is 8.90. The summed E-state index contributed by atoms with van der Waals surface area (Å²) in [6.45, 7) is 1.99. The van der Waals surface area contributed by atoms with Crippen LogP contribution in [-0.2, 0) is 4.79 Å². The molecule has 0 aliphatic heterocycles. The van der Waals surface area contributed by atoms with E-state index in [4.69, 9.17) is 10.8 Å². The van der Waals surface area contributed by atoms with Crippen LogP contribution in [-0.4, -0.2) is 29.4 Å². The van der Waals surface area contributed by atoms with Crippen LogP contribution in [0, 0.1) is 5.92 Å². The van der Waals surface area contributed by atoms with Gasteiger partial charge in [-0.3, -0.25) is 14.4 Å². The van der Waals surface area contributed by atoms with E-state index in [9.17, 15) is 14.4 Å². The average Bonchev–Trinajstić information content (AvgIpc) is 2.35. The van der Waals surface area contributed by atoms with Crippen molar-refractivity contribution >= 4 is 17.8 Å². The molecule has 0 heterocycles. The van der Waals surface area contributed by atoms with Gasteiger partial charge in [-0.2, -0.15) is 0 Å². The maximum Gasteiger partial charge on any atom is 0.303 e. The maximum absolute atomic E-state index is 11.8. The molecule has 102 valence electrons. The molecule has 1 aromatic rings. The van der Waals surface area contributed by atoms with Gasteiger partial charge in [0.25, 0.3) is 5.91 Å². The first kappa shape index (κ1) is 14.7. The first-order valence-electron chi connectivity index (χ1n) is 5.80. The van der Waals surface area contributed by atoms with E-state index in [2.05, 4.69) is 5.32 Å². The van der Waals surface area contributed by atoms with E-state index in [-0.39, 0.29) is 30.4 Å². The number of aliphatic carboxylic acids is 1. The van der Waals surface area contributed by atoms with Gasteiger partial charge in [0.05, 0.1) is 0 Å². The zero-order chi connectivity index (χ0) is 14.4. The molecular weight excluding hydrogens is 248 g/mol. The number of benzene rings is 1. The summed E-state index contributed by atoms with van der Waals surface area (Å²) in [7, 11) is 0. The Hall–Kier alpha value is -2.37. The molecule has 0 fully saturated rings. The summed E-state index contributed by atoms with van der Waals surface area (Å²) in [5.41, 5.74) is 5.70. The number of hydrogen-bond acceptors (Lipinski definition) is 3. The van der Waals surface area contributed by atoms with Gasteiger partial charge in [0.2, 0.25) is 5.91 Å². The third-order valence-electron chi connectivity index (χ3n) is 2.54. The Labute approximate surface area is 110 Å². The Kier molecular flexibility index (Phi) is 5.05. The molecule has 0 spiro atoms. The van der Waals surface area contributed by atoms with Crippen molar-refractivity contribution in [1.82, 2.24) is 5.32 Å². The van der Waals surface area contributed by atoms with Crippen LogP contribution in [0.1, 0.15) is 34.1 Å². The van der Waals surface area contributed by atoms with Crippen LogP contribution in [0.15, 0.2) is 24.3 Å². The second kappa shape index (κ2) is 6.53. The number of carboxylic acids is 1. The number of primary amides is 1. The van der Waals surface area contributed by atoms with E-state index in [1.165, 1.54) is 12.1 Å². The number of hydrogen-bond donors (Lipinski definition) is 3. The first-order valence-corrected chi connectivity index (χ1v) is 5.80. The van der Waals surface area contributed by atoms with E-state index in [1.807, 2.05) is 0 Å². The van der Waals surface area contributed by atoms with Crippen LogP contribution in [0.4, 0.5) is 0 Å². The molecule has 6 heteroatoms. The SMILES string of the molecule is CC(CNC(=O)c1cccc(C(N)=O)c1)CC(=O)O. The lowest BCUT2D eigenvalue weighted by atomic mass is 10.1. The molecular formula is C13H16N2O4. The largest absolute Gasteiger partial charge is 0.481 e. The van der Waals surface area contributed by atoms with Crippen molar-refractivity contribution < 1.29 is 19.5 Å². The zero-order valence-electron chi connectivity index (χ0n) is 10.6. The molecule has 0 aliphatic carbocycles. The molecule has 4 N–H and O–H groups in total. The fourth-order valence-electron chi connectivity index (χ4n) is 1.55. The van der Waals surface area contributed by atoms with Gasteiger partial charge in [-0.05, 0) is 24.1 Å². The quantitative estimate of drug-likeness (QED) is 0.699. The fraction of sp³-hybridized carbons (Fsp3) is 0.308. The van der Waals surface area contributed by atoms with Gasteiger partial charge in [-0.1, -0.05) is 13.0 Å². The van der Waals surface area contributed by atoms with Crippen LogP contribution >= 0.6 is 0 Å². The topological polar surface area (TPSA) is 109 Å². The summed E-state index contributed by atoms with van der Waals surface area (Å²) in [4.78, 5) is 33.3. The highest BCUT2D eigenvalue weighted by atomic mass is 16.4. The molecule has 1 rings (SSSR count). The van der Waals surface area contributed by atoms with Crippen molar-refractivity contribution in [2.24, 2.45) is 11.7 Å². The number of carbonyl (C=O) groups is 3. The molecule has 0 aliphatic rings. The highest BCUT2D eigenvalue weighted by molar-refractivity contribution is 5.99. The second-order valence-corrected chi connectivity index (χ2v) is 4.36. The minimum absolute atomic E-state index is 0.0123. The highest BCUT2D eigenvalue weighted by Crippen LogP contribution is 2.06. The molecule has 2 amide bonds.